The molecule has 0 fully saturated rings. The molecule has 0 aliphatic carbocycles. The molecule has 0 aromatic carbocycles. The zero-order chi connectivity index (χ0) is 14.1. The molecule has 0 saturated carbocycles. The van der Waals surface area contributed by atoms with E-state index >= 15 is 0 Å². The number of aliphatic imine (C=N–C) groups is 1. The van der Waals surface area contributed by atoms with Crippen LogP contribution in [0.2, 0.25) is 5.02 Å². The normalized spacial score (nSPS) is 11.1. The lowest BCUT2D eigenvalue weighted by molar-refractivity contribution is 0.310. The summed E-state index contributed by atoms with van der Waals surface area (Å²) in [4.78, 5) is 8.24. The molecule has 0 atom stereocenters. The molecule has 0 amide bonds. The molecule has 3 N–H and O–H groups in total. The first-order valence-electron chi connectivity index (χ1n) is 6.36. The lowest BCUT2D eigenvalue weighted by Gasteiger charge is -2.07. The van der Waals surface area contributed by atoms with Gasteiger partial charge in [-0.05, 0) is 18.4 Å². The maximum Gasteiger partial charge on any atom is 0.213 e. The van der Waals surface area contributed by atoms with E-state index in [1.54, 1.807) is 18.3 Å². The zero-order valence-corrected chi connectivity index (χ0v) is 14.9. The van der Waals surface area contributed by atoms with E-state index in [9.17, 15) is 0 Å². The molecule has 7 heteroatoms. The van der Waals surface area contributed by atoms with Crippen LogP contribution in [-0.4, -0.2) is 30.6 Å². The van der Waals surface area contributed by atoms with E-state index in [1.165, 1.54) is 0 Å². The van der Waals surface area contributed by atoms with Crippen LogP contribution in [0.5, 0.6) is 5.88 Å². The van der Waals surface area contributed by atoms with Crippen molar-refractivity contribution in [3.8, 4) is 5.88 Å². The first-order valence-corrected chi connectivity index (χ1v) is 6.74. The quantitative estimate of drug-likeness (QED) is 0.313. The van der Waals surface area contributed by atoms with Gasteiger partial charge in [0.15, 0.2) is 5.96 Å². The summed E-state index contributed by atoms with van der Waals surface area (Å²) >= 11 is 5.72. The van der Waals surface area contributed by atoms with Crippen LogP contribution in [0.3, 0.4) is 0 Å². The Hall–Kier alpha value is -0.760. The average molecular weight is 413 g/mol. The van der Waals surface area contributed by atoms with Crippen LogP contribution in [0.15, 0.2) is 23.3 Å². The van der Waals surface area contributed by atoms with Gasteiger partial charge in [-0.1, -0.05) is 25.4 Å². The summed E-state index contributed by atoms with van der Waals surface area (Å²) in [5.41, 5.74) is 5.71. The van der Waals surface area contributed by atoms with Crippen molar-refractivity contribution in [2.45, 2.75) is 20.3 Å². The summed E-state index contributed by atoms with van der Waals surface area (Å²) in [6, 6.07) is 3.46. The monoisotopic (exact) mass is 412 g/mol. The topological polar surface area (TPSA) is 72.5 Å². The molecule has 5 nitrogen and oxygen atoms in total. The number of guanidine groups is 1. The van der Waals surface area contributed by atoms with Crippen LogP contribution < -0.4 is 15.8 Å². The van der Waals surface area contributed by atoms with E-state index in [-0.39, 0.29) is 24.0 Å². The van der Waals surface area contributed by atoms with Crippen molar-refractivity contribution >= 4 is 41.5 Å². The summed E-state index contributed by atoms with van der Waals surface area (Å²) in [6.45, 7) is 6.12. The predicted molar refractivity (Wildman–Crippen MR) is 94.1 cm³/mol. The van der Waals surface area contributed by atoms with Crippen molar-refractivity contribution < 1.29 is 4.74 Å². The standard InChI is InChI=1S/C13H21ClN4O.HI/c1-10(2)5-6-16-13(15)17-7-8-19-12-4-3-11(14)9-18-12;/h3-4,9-10H,5-8H2,1-2H3,(H3,15,16,17);1H. The maximum atomic E-state index is 5.72. The van der Waals surface area contributed by atoms with Gasteiger partial charge in [-0.25, -0.2) is 4.98 Å². The minimum Gasteiger partial charge on any atom is -0.476 e. The van der Waals surface area contributed by atoms with Gasteiger partial charge >= 0.3 is 0 Å². The van der Waals surface area contributed by atoms with Gasteiger partial charge in [0.2, 0.25) is 5.88 Å². The molecule has 0 saturated heterocycles. The molecule has 1 aromatic rings. The van der Waals surface area contributed by atoms with E-state index in [4.69, 9.17) is 22.1 Å². The lowest BCUT2D eigenvalue weighted by Crippen LogP contribution is -2.35. The Labute approximate surface area is 142 Å². The van der Waals surface area contributed by atoms with Crippen LogP contribution in [0.1, 0.15) is 20.3 Å². The second-order valence-corrected chi connectivity index (χ2v) is 4.98. The van der Waals surface area contributed by atoms with Gasteiger partial charge in [0, 0.05) is 18.8 Å². The van der Waals surface area contributed by atoms with E-state index in [1.807, 2.05) is 0 Å². The lowest BCUT2D eigenvalue weighted by atomic mass is 10.1. The smallest absolute Gasteiger partial charge is 0.213 e. The SMILES string of the molecule is CC(C)CCN=C(N)NCCOc1ccc(Cl)cn1.I. The molecule has 1 aromatic heterocycles. The Morgan fingerprint density at radius 2 is 2.25 bits per heavy atom. The van der Waals surface area contributed by atoms with Crippen LogP contribution in [0.4, 0.5) is 0 Å². The molecule has 1 heterocycles. The Balaban J connectivity index is 0.00000361. The van der Waals surface area contributed by atoms with E-state index in [0.717, 1.165) is 13.0 Å². The second kappa shape index (κ2) is 11.0. The minimum atomic E-state index is 0. The molecule has 1 rings (SSSR count). The fourth-order valence-electron chi connectivity index (χ4n) is 1.28. The number of nitrogens with one attached hydrogen (secondary N) is 1. The van der Waals surface area contributed by atoms with Gasteiger partial charge in [0.1, 0.15) is 6.61 Å². The number of ether oxygens (including phenoxy) is 1. The van der Waals surface area contributed by atoms with Crippen molar-refractivity contribution in [1.82, 2.24) is 10.3 Å². The summed E-state index contributed by atoms with van der Waals surface area (Å²) in [5, 5.41) is 3.58. The van der Waals surface area contributed by atoms with E-state index in [0.29, 0.717) is 35.9 Å². The average Bonchev–Trinajstić information content (AvgIpc) is 2.36. The van der Waals surface area contributed by atoms with Crippen LogP contribution >= 0.6 is 35.6 Å². The highest BCUT2D eigenvalue weighted by Gasteiger charge is 1.97. The Bertz CT molecular complexity index is 398. The molecular weight excluding hydrogens is 391 g/mol. The molecular formula is C13H22ClIN4O. The molecule has 114 valence electrons. The Morgan fingerprint density at radius 3 is 2.85 bits per heavy atom. The largest absolute Gasteiger partial charge is 0.476 e. The van der Waals surface area contributed by atoms with Gasteiger partial charge in [-0.15, -0.1) is 24.0 Å². The molecule has 0 radical (unpaired) electrons. The zero-order valence-electron chi connectivity index (χ0n) is 11.8. The minimum absolute atomic E-state index is 0. The van der Waals surface area contributed by atoms with Gasteiger partial charge in [-0.2, -0.15) is 0 Å². The number of nitrogens with zero attached hydrogens (tertiary/aromatic N) is 2. The van der Waals surface area contributed by atoms with E-state index in [2.05, 4.69) is 29.1 Å². The van der Waals surface area contributed by atoms with Gasteiger partial charge < -0.3 is 15.8 Å². The number of halogens is 2. The first-order chi connectivity index (χ1) is 9.08. The number of rotatable bonds is 7. The highest BCUT2D eigenvalue weighted by molar-refractivity contribution is 14.0. The van der Waals surface area contributed by atoms with Gasteiger partial charge in [-0.3, -0.25) is 4.99 Å². The maximum absolute atomic E-state index is 5.72. The van der Waals surface area contributed by atoms with Crippen LogP contribution in [-0.2, 0) is 0 Å². The first kappa shape index (κ1) is 19.2. The number of hydrogen-bond acceptors (Lipinski definition) is 3. The fraction of sp³-hybridized carbons (Fsp3) is 0.538. The van der Waals surface area contributed by atoms with Gasteiger partial charge in [0.25, 0.3) is 0 Å². The molecule has 0 unspecified atom stereocenters. The third-order valence-electron chi connectivity index (χ3n) is 2.35. The van der Waals surface area contributed by atoms with Crippen LogP contribution in [0, 0.1) is 5.92 Å². The van der Waals surface area contributed by atoms with Crippen molar-refractivity contribution in [3.05, 3.63) is 23.4 Å². The summed E-state index contributed by atoms with van der Waals surface area (Å²) in [5.74, 6) is 1.63. The number of nitrogens with two attached hydrogens (primary N) is 1. The van der Waals surface area contributed by atoms with E-state index < -0.39 is 0 Å². The van der Waals surface area contributed by atoms with Crippen LogP contribution in [0.25, 0.3) is 0 Å². The highest BCUT2D eigenvalue weighted by atomic mass is 127. The Kier molecular flexibility index (Phi) is 10.5. The van der Waals surface area contributed by atoms with Crippen molar-refractivity contribution in [3.63, 3.8) is 0 Å². The third kappa shape index (κ3) is 9.19. The van der Waals surface area contributed by atoms with Crippen molar-refractivity contribution in [1.29, 1.82) is 0 Å². The number of hydrogen-bond donors (Lipinski definition) is 2. The highest BCUT2D eigenvalue weighted by Crippen LogP contribution is 2.10. The van der Waals surface area contributed by atoms with Gasteiger partial charge in [0.05, 0.1) is 11.6 Å². The summed E-state index contributed by atoms with van der Waals surface area (Å²) in [7, 11) is 0. The number of aromatic nitrogens is 1. The molecule has 20 heavy (non-hydrogen) atoms. The molecule has 0 aliphatic rings. The Morgan fingerprint density at radius 1 is 1.50 bits per heavy atom. The molecule has 0 aliphatic heterocycles. The van der Waals surface area contributed by atoms with Crippen molar-refractivity contribution in [2.24, 2.45) is 16.6 Å². The summed E-state index contributed by atoms with van der Waals surface area (Å²) < 4.78 is 5.41. The van der Waals surface area contributed by atoms with Crippen molar-refractivity contribution in [2.75, 3.05) is 19.7 Å². The fourth-order valence-corrected chi connectivity index (χ4v) is 1.39. The summed E-state index contributed by atoms with van der Waals surface area (Å²) in [6.07, 6.45) is 2.58. The molecule has 0 spiro atoms. The second-order valence-electron chi connectivity index (χ2n) is 4.54. The molecule has 0 bridgehead atoms. The number of pyridine rings is 1. The predicted octanol–water partition coefficient (Wildman–Crippen LogP) is 2.68. The third-order valence-corrected chi connectivity index (χ3v) is 2.57.